The smallest absolute Gasteiger partial charge is 0.322 e. The molecule has 0 fully saturated rings. The molecule has 2 N–H and O–H groups in total. The van der Waals surface area contributed by atoms with Crippen LogP contribution in [0.5, 0.6) is 6.01 Å². The van der Waals surface area contributed by atoms with E-state index in [1.54, 1.807) is 18.2 Å². The Kier molecular flexibility index (Phi) is 4.74. The first-order chi connectivity index (χ1) is 10.2. The van der Waals surface area contributed by atoms with Gasteiger partial charge in [0.25, 0.3) is 0 Å². The first-order valence-electron chi connectivity index (χ1n) is 6.17. The number of aromatic nitrogens is 3. The van der Waals surface area contributed by atoms with Gasteiger partial charge in [-0.3, -0.25) is 0 Å². The fourth-order valence-electron chi connectivity index (χ4n) is 1.55. The van der Waals surface area contributed by atoms with Gasteiger partial charge in [-0.1, -0.05) is 11.6 Å². The van der Waals surface area contributed by atoms with E-state index < -0.39 is 0 Å². The Morgan fingerprint density at radius 1 is 1.29 bits per heavy atom. The van der Waals surface area contributed by atoms with Gasteiger partial charge in [-0.25, -0.2) is 0 Å². The van der Waals surface area contributed by atoms with Crippen molar-refractivity contribution in [3.63, 3.8) is 0 Å². The van der Waals surface area contributed by atoms with Crippen molar-refractivity contribution in [2.24, 2.45) is 0 Å². The highest BCUT2D eigenvalue weighted by Crippen LogP contribution is 2.25. The van der Waals surface area contributed by atoms with Crippen LogP contribution in [0.15, 0.2) is 18.2 Å². The van der Waals surface area contributed by atoms with Crippen LogP contribution < -0.4 is 15.4 Å². The highest BCUT2D eigenvalue weighted by atomic mass is 35.5. The molecule has 21 heavy (non-hydrogen) atoms. The monoisotopic (exact) mass is 304 g/mol. The number of halogens is 1. The average molecular weight is 305 g/mol. The number of rotatable bonds is 5. The van der Waals surface area contributed by atoms with E-state index in [1.165, 1.54) is 7.11 Å². The van der Waals surface area contributed by atoms with Crippen LogP contribution in [-0.2, 0) is 0 Å². The van der Waals surface area contributed by atoms with Crippen LogP contribution >= 0.6 is 11.6 Å². The molecule has 2 aromatic rings. The van der Waals surface area contributed by atoms with Gasteiger partial charge in [0.15, 0.2) is 0 Å². The molecule has 1 heterocycles. The van der Waals surface area contributed by atoms with Crippen molar-refractivity contribution in [1.82, 2.24) is 15.0 Å². The molecule has 0 unspecified atom stereocenters. The highest BCUT2D eigenvalue weighted by Gasteiger charge is 2.09. The number of hydrogen-bond donors (Lipinski definition) is 2. The van der Waals surface area contributed by atoms with Crippen molar-refractivity contribution >= 4 is 29.2 Å². The standard InChI is InChI=1S/C13H13ClN6O/c1-3-16-11-18-12(20-13(19-11)21-2)17-10-6-8(7-15)4-5-9(10)14/h4-6H,3H2,1-2H3,(H2,16,17,18,19,20). The lowest BCUT2D eigenvalue weighted by Crippen LogP contribution is -2.08. The molecular formula is C13H13ClN6O. The summed E-state index contributed by atoms with van der Waals surface area (Å²) in [5, 5.41) is 15.3. The molecule has 0 aliphatic carbocycles. The fourth-order valence-corrected chi connectivity index (χ4v) is 1.72. The molecule has 0 aliphatic heterocycles. The zero-order valence-corrected chi connectivity index (χ0v) is 12.3. The lowest BCUT2D eigenvalue weighted by Gasteiger charge is -2.10. The molecule has 0 saturated carbocycles. The molecule has 108 valence electrons. The molecule has 0 aliphatic rings. The predicted octanol–water partition coefficient (Wildman–Crippen LogP) is 2.58. The van der Waals surface area contributed by atoms with Gasteiger partial charge >= 0.3 is 6.01 Å². The van der Waals surface area contributed by atoms with E-state index in [-0.39, 0.29) is 12.0 Å². The molecule has 0 atom stereocenters. The van der Waals surface area contributed by atoms with Gasteiger partial charge in [0.1, 0.15) is 0 Å². The summed E-state index contributed by atoms with van der Waals surface area (Å²) in [6, 6.07) is 7.10. The van der Waals surface area contributed by atoms with Gasteiger partial charge in [0.05, 0.1) is 29.5 Å². The molecule has 0 saturated heterocycles. The van der Waals surface area contributed by atoms with Crippen molar-refractivity contribution in [3.8, 4) is 12.1 Å². The number of hydrogen-bond acceptors (Lipinski definition) is 7. The molecule has 0 spiro atoms. The fraction of sp³-hybridized carbons (Fsp3) is 0.231. The number of nitrogens with one attached hydrogen (secondary N) is 2. The lowest BCUT2D eigenvalue weighted by atomic mass is 10.2. The summed E-state index contributed by atoms with van der Waals surface area (Å²) in [4.78, 5) is 12.3. The summed E-state index contributed by atoms with van der Waals surface area (Å²) in [5.41, 5.74) is 1.02. The van der Waals surface area contributed by atoms with Crippen LogP contribution in [0.2, 0.25) is 5.02 Å². The van der Waals surface area contributed by atoms with Crippen LogP contribution in [0, 0.1) is 11.3 Å². The van der Waals surface area contributed by atoms with E-state index in [0.29, 0.717) is 28.8 Å². The molecule has 1 aromatic heterocycles. The van der Waals surface area contributed by atoms with Gasteiger partial charge in [-0.05, 0) is 25.1 Å². The maximum absolute atomic E-state index is 8.92. The van der Waals surface area contributed by atoms with Gasteiger partial charge < -0.3 is 15.4 Å². The third-order valence-corrected chi connectivity index (χ3v) is 2.80. The van der Waals surface area contributed by atoms with Crippen LogP contribution in [0.25, 0.3) is 0 Å². The second kappa shape index (κ2) is 6.72. The average Bonchev–Trinajstić information content (AvgIpc) is 2.49. The Morgan fingerprint density at radius 3 is 2.71 bits per heavy atom. The second-order valence-corrected chi connectivity index (χ2v) is 4.34. The summed E-state index contributed by atoms with van der Waals surface area (Å²) in [5.74, 6) is 0.661. The third-order valence-electron chi connectivity index (χ3n) is 2.47. The van der Waals surface area contributed by atoms with E-state index in [4.69, 9.17) is 21.6 Å². The minimum atomic E-state index is 0.177. The summed E-state index contributed by atoms with van der Waals surface area (Å²) >= 11 is 6.09. The Balaban J connectivity index is 2.34. The number of nitrogens with zero attached hydrogens (tertiary/aromatic N) is 4. The van der Waals surface area contributed by atoms with Gasteiger partial charge in [0, 0.05) is 6.54 Å². The quantitative estimate of drug-likeness (QED) is 0.876. The van der Waals surface area contributed by atoms with Gasteiger partial charge in [0.2, 0.25) is 11.9 Å². The Hall–Kier alpha value is -2.59. The molecule has 2 rings (SSSR count). The van der Waals surface area contributed by atoms with Gasteiger partial charge in [-0.2, -0.15) is 20.2 Å². The first kappa shape index (κ1) is 14.8. The summed E-state index contributed by atoms with van der Waals surface area (Å²) in [6.07, 6.45) is 0. The van der Waals surface area contributed by atoms with Crippen molar-refractivity contribution in [3.05, 3.63) is 28.8 Å². The van der Waals surface area contributed by atoms with E-state index in [9.17, 15) is 0 Å². The van der Waals surface area contributed by atoms with Crippen molar-refractivity contribution in [2.45, 2.75) is 6.92 Å². The van der Waals surface area contributed by atoms with E-state index >= 15 is 0 Å². The highest BCUT2D eigenvalue weighted by molar-refractivity contribution is 6.33. The zero-order chi connectivity index (χ0) is 15.2. The summed E-state index contributed by atoms with van der Waals surface area (Å²) in [6.45, 7) is 2.59. The summed E-state index contributed by atoms with van der Waals surface area (Å²) < 4.78 is 5.03. The van der Waals surface area contributed by atoms with Crippen molar-refractivity contribution < 1.29 is 4.74 Å². The first-order valence-corrected chi connectivity index (χ1v) is 6.54. The van der Waals surface area contributed by atoms with Crippen LogP contribution in [0.3, 0.4) is 0 Å². The Bertz CT molecular complexity index is 685. The molecule has 0 amide bonds. The SMILES string of the molecule is CCNc1nc(Nc2cc(C#N)ccc2Cl)nc(OC)n1. The maximum Gasteiger partial charge on any atom is 0.322 e. The molecular weight excluding hydrogens is 292 g/mol. The number of benzene rings is 1. The van der Waals surface area contributed by atoms with Gasteiger partial charge in [-0.15, -0.1) is 0 Å². The lowest BCUT2D eigenvalue weighted by molar-refractivity contribution is 0.379. The zero-order valence-electron chi connectivity index (χ0n) is 11.5. The number of ether oxygens (including phenoxy) is 1. The van der Waals surface area contributed by atoms with Crippen LogP contribution in [0.1, 0.15) is 12.5 Å². The number of methoxy groups -OCH3 is 1. The molecule has 1 aromatic carbocycles. The maximum atomic E-state index is 8.92. The van der Waals surface area contributed by atoms with Crippen LogP contribution in [0.4, 0.5) is 17.6 Å². The topological polar surface area (TPSA) is 95.8 Å². The minimum absolute atomic E-state index is 0.177. The summed E-state index contributed by atoms with van der Waals surface area (Å²) in [7, 11) is 1.47. The Morgan fingerprint density at radius 2 is 2.05 bits per heavy atom. The van der Waals surface area contributed by atoms with E-state index in [2.05, 4.69) is 25.6 Å². The molecule has 0 bridgehead atoms. The molecule has 8 heteroatoms. The number of nitriles is 1. The largest absolute Gasteiger partial charge is 0.467 e. The Labute approximate surface area is 127 Å². The minimum Gasteiger partial charge on any atom is -0.467 e. The van der Waals surface area contributed by atoms with Crippen molar-refractivity contribution in [1.29, 1.82) is 5.26 Å². The third kappa shape index (κ3) is 3.70. The number of anilines is 3. The van der Waals surface area contributed by atoms with E-state index in [1.807, 2.05) is 13.0 Å². The molecule has 0 radical (unpaired) electrons. The second-order valence-electron chi connectivity index (χ2n) is 3.93. The normalized spacial score (nSPS) is 9.81. The molecule has 7 nitrogen and oxygen atoms in total. The predicted molar refractivity (Wildman–Crippen MR) is 80.0 cm³/mol. The van der Waals surface area contributed by atoms with E-state index in [0.717, 1.165) is 0 Å². The van der Waals surface area contributed by atoms with Crippen LogP contribution in [-0.4, -0.2) is 28.6 Å². The van der Waals surface area contributed by atoms with Crippen molar-refractivity contribution in [2.75, 3.05) is 24.3 Å².